The molecule has 1 amide bonds. The Morgan fingerprint density at radius 2 is 1.64 bits per heavy atom. The van der Waals surface area contributed by atoms with Crippen LogP contribution in [0.25, 0.3) is 0 Å². The molecular formula is C16H15F2N3O3S. The number of nitrogens with one attached hydrogen (secondary N) is 2. The average Bonchev–Trinajstić information content (AvgIpc) is 2.59. The third kappa shape index (κ3) is 4.91. The molecule has 0 aliphatic rings. The van der Waals surface area contributed by atoms with E-state index in [4.69, 9.17) is 0 Å². The van der Waals surface area contributed by atoms with Crippen LogP contribution in [0.1, 0.15) is 12.5 Å². The number of hydrazone groups is 1. The first kappa shape index (κ1) is 18.7. The fourth-order valence-electron chi connectivity index (χ4n) is 1.93. The van der Waals surface area contributed by atoms with Gasteiger partial charge in [0.05, 0.1) is 22.7 Å². The second-order valence-corrected chi connectivity index (χ2v) is 6.73. The molecule has 2 aromatic carbocycles. The van der Waals surface area contributed by atoms with Gasteiger partial charge in [0, 0.05) is 0 Å². The quantitative estimate of drug-likeness (QED) is 0.603. The highest BCUT2D eigenvalue weighted by Crippen LogP contribution is 2.12. The van der Waals surface area contributed by atoms with E-state index in [1.165, 1.54) is 25.1 Å². The molecule has 2 N–H and O–H groups in total. The van der Waals surface area contributed by atoms with Gasteiger partial charge in [0.1, 0.15) is 11.6 Å². The smallest absolute Gasteiger partial charge is 0.255 e. The Labute approximate surface area is 143 Å². The lowest BCUT2D eigenvalue weighted by Crippen LogP contribution is -2.35. The largest absolute Gasteiger partial charge is 0.272 e. The minimum Gasteiger partial charge on any atom is -0.272 e. The molecule has 0 aliphatic heterocycles. The zero-order valence-electron chi connectivity index (χ0n) is 13.2. The summed E-state index contributed by atoms with van der Waals surface area (Å²) in [5, 5.41) is 3.59. The van der Waals surface area contributed by atoms with Gasteiger partial charge < -0.3 is 0 Å². The van der Waals surface area contributed by atoms with Crippen molar-refractivity contribution in [2.75, 3.05) is 6.54 Å². The summed E-state index contributed by atoms with van der Waals surface area (Å²) in [5.74, 6) is -2.42. The van der Waals surface area contributed by atoms with Gasteiger partial charge in [-0.05, 0) is 31.2 Å². The predicted molar refractivity (Wildman–Crippen MR) is 88.3 cm³/mol. The predicted octanol–water partition coefficient (Wildman–Crippen LogP) is 1.78. The Kier molecular flexibility index (Phi) is 5.94. The van der Waals surface area contributed by atoms with Crippen LogP contribution in [0.4, 0.5) is 8.78 Å². The van der Waals surface area contributed by atoms with E-state index < -0.39 is 34.1 Å². The van der Waals surface area contributed by atoms with Crippen LogP contribution in [0, 0.1) is 11.6 Å². The SMILES string of the molecule is C/C(=N/NC(=O)CNS(=O)(=O)c1ccccc1)c1c(F)cccc1F. The van der Waals surface area contributed by atoms with Crippen molar-refractivity contribution in [2.24, 2.45) is 5.10 Å². The Bertz CT molecular complexity index is 880. The summed E-state index contributed by atoms with van der Waals surface area (Å²) < 4.78 is 53.2. The van der Waals surface area contributed by atoms with Crippen LogP contribution in [-0.4, -0.2) is 26.6 Å². The Balaban J connectivity index is 1.99. The molecule has 6 nitrogen and oxygen atoms in total. The molecule has 0 radical (unpaired) electrons. The van der Waals surface area contributed by atoms with Crippen molar-refractivity contribution in [3.63, 3.8) is 0 Å². The van der Waals surface area contributed by atoms with Crippen LogP contribution < -0.4 is 10.1 Å². The third-order valence-electron chi connectivity index (χ3n) is 3.15. The van der Waals surface area contributed by atoms with Crippen LogP contribution in [0.5, 0.6) is 0 Å². The molecule has 0 heterocycles. The van der Waals surface area contributed by atoms with E-state index in [1.807, 2.05) is 5.43 Å². The molecule has 0 atom stereocenters. The monoisotopic (exact) mass is 367 g/mol. The number of hydrogen-bond acceptors (Lipinski definition) is 4. The molecule has 0 saturated heterocycles. The molecule has 0 aliphatic carbocycles. The molecule has 0 spiro atoms. The molecule has 132 valence electrons. The number of nitrogens with zero attached hydrogens (tertiary/aromatic N) is 1. The summed E-state index contributed by atoms with van der Waals surface area (Å²) in [6.07, 6.45) is 0. The van der Waals surface area contributed by atoms with Gasteiger partial charge in [-0.2, -0.15) is 5.10 Å². The minimum absolute atomic E-state index is 0.0101. The van der Waals surface area contributed by atoms with Crippen molar-refractivity contribution >= 4 is 21.6 Å². The first-order chi connectivity index (χ1) is 11.8. The van der Waals surface area contributed by atoms with Gasteiger partial charge in [0.2, 0.25) is 10.0 Å². The first-order valence-electron chi connectivity index (χ1n) is 7.13. The van der Waals surface area contributed by atoms with Gasteiger partial charge in [-0.15, -0.1) is 0 Å². The van der Waals surface area contributed by atoms with Gasteiger partial charge in [-0.3, -0.25) is 4.79 Å². The number of amides is 1. The highest BCUT2D eigenvalue weighted by molar-refractivity contribution is 7.89. The summed E-state index contributed by atoms with van der Waals surface area (Å²) in [4.78, 5) is 11.7. The molecule has 2 rings (SSSR count). The molecule has 0 saturated carbocycles. The van der Waals surface area contributed by atoms with E-state index >= 15 is 0 Å². The van der Waals surface area contributed by atoms with Crippen molar-refractivity contribution in [3.05, 3.63) is 65.7 Å². The van der Waals surface area contributed by atoms with E-state index in [0.29, 0.717) is 0 Å². The summed E-state index contributed by atoms with van der Waals surface area (Å²) in [6, 6.07) is 10.8. The van der Waals surface area contributed by atoms with Gasteiger partial charge >= 0.3 is 0 Å². The Morgan fingerprint density at radius 3 is 2.24 bits per heavy atom. The summed E-state index contributed by atoms with van der Waals surface area (Å²) in [7, 11) is -3.84. The number of carbonyl (C=O) groups is 1. The topological polar surface area (TPSA) is 87.6 Å². The number of benzene rings is 2. The van der Waals surface area contributed by atoms with Crippen LogP contribution in [0.3, 0.4) is 0 Å². The summed E-state index contributed by atoms with van der Waals surface area (Å²) in [6.45, 7) is 0.740. The summed E-state index contributed by atoms with van der Waals surface area (Å²) >= 11 is 0. The van der Waals surface area contributed by atoms with Crippen LogP contribution in [0.15, 0.2) is 58.5 Å². The minimum atomic E-state index is -3.84. The molecule has 0 aromatic heterocycles. The van der Waals surface area contributed by atoms with Crippen molar-refractivity contribution in [1.29, 1.82) is 0 Å². The normalized spacial score (nSPS) is 12.0. The van der Waals surface area contributed by atoms with E-state index in [9.17, 15) is 22.0 Å². The molecule has 9 heteroatoms. The first-order valence-corrected chi connectivity index (χ1v) is 8.62. The fourth-order valence-corrected chi connectivity index (χ4v) is 2.93. The third-order valence-corrected chi connectivity index (χ3v) is 4.57. The Morgan fingerprint density at radius 1 is 1.04 bits per heavy atom. The maximum atomic E-state index is 13.6. The van der Waals surface area contributed by atoms with E-state index in [1.54, 1.807) is 18.2 Å². The average molecular weight is 367 g/mol. The van der Waals surface area contributed by atoms with E-state index in [-0.39, 0.29) is 16.2 Å². The number of rotatable bonds is 6. The fraction of sp³-hybridized carbons (Fsp3) is 0.125. The Hall–Kier alpha value is -2.65. The lowest BCUT2D eigenvalue weighted by Gasteiger charge is -2.07. The molecule has 0 bridgehead atoms. The standard InChI is InChI=1S/C16H15F2N3O3S/c1-11(16-13(17)8-5-9-14(16)18)20-21-15(22)10-19-25(23,24)12-6-3-2-4-7-12/h2-9,19H,10H2,1H3,(H,21,22)/b20-11-. The van der Waals surface area contributed by atoms with Crippen molar-refractivity contribution in [2.45, 2.75) is 11.8 Å². The van der Waals surface area contributed by atoms with Crippen molar-refractivity contribution in [3.8, 4) is 0 Å². The number of sulfonamides is 1. The van der Waals surface area contributed by atoms with Crippen LogP contribution in [-0.2, 0) is 14.8 Å². The second kappa shape index (κ2) is 7.95. The molecule has 0 fully saturated rings. The maximum absolute atomic E-state index is 13.6. The van der Waals surface area contributed by atoms with Crippen LogP contribution in [0.2, 0.25) is 0 Å². The van der Waals surface area contributed by atoms with Gasteiger partial charge in [-0.1, -0.05) is 24.3 Å². The maximum Gasteiger partial charge on any atom is 0.255 e. The summed E-state index contributed by atoms with van der Waals surface area (Å²) in [5.41, 5.74) is 1.59. The van der Waals surface area contributed by atoms with Crippen LogP contribution >= 0.6 is 0 Å². The van der Waals surface area contributed by atoms with Gasteiger partial charge in [-0.25, -0.2) is 27.3 Å². The molecule has 0 unspecified atom stereocenters. The zero-order valence-corrected chi connectivity index (χ0v) is 14.0. The van der Waals surface area contributed by atoms with Crippen molar-refractivity contribution < 1.29 is 22.0 Å². The number of carbonyl (C=O) groups excluding carboxylic acids is 1. The number of halogens is 2. The molecule has 2 aromatic rings. The highest BCUT2D eigenvalue weighted by Gasteiger charge is 2.15. The van der Waals surface area contributed by atoms with Gasteiger partial charge in [0.25, 0.3) is 5.91 Å². The van der Waals surface area contributed by atoms with Crippen molar-refractivity contribution in [1.82, 2.24) is 10.1 Å². The van der Waals surface area contributed by atoms with E-state index in [0.717, 1.165) is 12.1 Å². The second-order valence-electron chi connectivity index (χ2n) is 4.97. The zero-order chi connectivity index (χ0) is 18.4. The highest BCUT2D eigenvalue weighted by atomic mass is 32.2. The molecule has 25 heavy (non-hydrogen) atoms. The lowest BCUT2D eigenvalue weighted by atomic mass is 10.1. The number of hydrogen-bond donors (Lipinski definition) is 2. The lowest BCUT2D eigenvalue weighted by molar-refractivity contribution is -0.119. The van der Waals surface area contributed by atoms with E-state index in [2.05, 4.69) is 9.82 Å². The molecular weight excluding hydrogens is 352 g/mol. The van der Waals surface area contributed by atoms with Gasteiger partial charge in [0.15, 0.2) is 0 Å².